The van der Waals surface area contributed by atoms with Gasteiger partial charge in [-0.1, -0.05) is 17.7 Å². The van der Waals surface area contributed by atoms with Crippen LogP contribution in [0.1, 0.15) is 16.1 Å². The van der Waals surface area contributed by atoms with E-state index in [1.165, 1.54) is 0 Å². The van der Waals surface area contributed by atoms with E-state index < -0.39 is 0 Å². The van der Waals surface area contributed by atoms with Crippen LogP contribution in [0.2, 0.25) is 5.02 Å². The number of ether oxygens (including phenoxy) is 1. The summed E-state index contributed by atoms with van der Waals surface area (Å²) in [5.41, 5.74) is 1.55. The summed E-state index contributed by atoms with van der Waals surface area (Å²) in [5.74, 6) is 1.47. The first-order chi connectivity index (χ1) is 14.6. The maximum absolute atomic E-state index is 12.7. The Balaban J connectivity index is 1.48. The van der Waals surface area contributed by atoms with E-state index >= 15 is 0 Å². The number of rotatable bonds is 4. The van der Waals surface area contributed by atoms with Crippen molar-refractivity contribution in [1.29, 1.82) is 5.26 Å². The average molecular weight is 423 g/mol. The number of benzene rings is 2. The van der Waals surface area contributed by atoms with Gasteiger partial charge in [0.2, 0.25) is 17.5 Å². The van der Waals surface area contributed by atoms with Crippen LogP contribution < -0.4 is 9.64 Å². The summed E-state index contributed by atoms with van der Waals surface area (Å²) >= 11 is 6.00. The first-order valence-electron chi connectivity index (χ1n) is 9.44. The molecule has 1 aromatic heterocycles. The zero-order chi connectivity index (χ0) is 21.1. The fourth-order valence-electron chi connectivity index (χ4n) is 3.37. The van der Waals surface area contributed by atoms with Gasteiger partial charge in [0.15, 0.2) is 0 Å². The molecular weight excluding hydrogens is 404 g/mol. The molecule has 152 valence electrons. The van der Waals surface area contributed by atoms with E-state index in [-0.39, 0.29) is 11.6 Å². The van der Waals surface area contributed by atoms with Crippen LogP contribution in [0, 0.1) is 11.3 Å². The van der Waals surface area contributed by atoms with Crippen LogP contribution in [0.25, 0.3) is 11.5 Å². The quantitative estimate of drug-likeness (QED) is 0.635. The van der Waals surface area contributed by atoms with Gasteiger partial charge in [0, 0.05) is 42.3 Å². The van der Waals surface area contributed by atoms with Crippen LogP contribution in [0.4, 0.5) is 5.88 Å². The lowest BCUT2D eigenvalue weighted by Crippen LogP contribution is -2.48. The largest absolute Gasteiger partial charge is 0.497 e. The lowest BCUT2D eigenvalue weighted by atomic mass is 10.2. The number of carbonyl (C=O) groups is 1. The van der Waals surface area contributed by atoms with Crippen LogP contribution in [0.3, 0.4) is 0 Å². The van der Waals surface area contributed by atoms with Crippen LogP contribution in [-0.4, -0.2) is 49.1 Å². The predicted octanol–water partition coefficient (Wildman–Crippen LogP) is 3.84. The number of amides is 1. The third-order valence-corrected chi connectivity index (χ3v) is 5.21. The van der Waals surface area contributed by atoms with Gasteiger partial charge in [0.1, 0.15) is 11.8 Å². The number of aromatic nitrogens is 1. The average Bonchev–Trinajstić information content (AvgIpc) is 3.23. The normalized spacial score (nSPS) is 13.8. The van der Waals surface area contributed by atoms with E-state index in [4.69, 9.17) is 20.8 Å². The molecule has 0 unspecified atom stereocenters. The summed E-state index contributed by atoms with van der Waals surface area (Å²) < 4.78 is 11.1. The molecule has 1 amide bonds. The Morgan fingerprint density at radius 2 is 1.90 bits per heavy atom. The lowest BCUT2D eigenvalue weighted by Gasteiger charge is -2.34. The summed E-state index contributed by atoms with van der Waals surface area (Å²) in [6.45, 7) is 2.10. The molecule has 2 aromatic carbocycles. The number of nitrogens with zero attached hydrogens (tertiary/aromatic N) is 4. The zero-order valence-electron chi connectivity index (χ0n) is 16.3. The Bertz CT molecular complexity index is 1100. The Morgan fingerprint density at radius 1 is 1.17 bits per heavy atom. The molecule has 7 nitrogen and oxygen atoms in total. The van der Waals surface area contributed by atoms with E-state index in [1.807, 2.05) is 29.2 Å². The molecule has 0 atom stereocenters. The maximum atomic E-state index is 12.7. The molecule has 0 radical (unpaired) electrons. The van der Waals surface area contributed by atoms with Gasteiger partial charge in [-0.25, -0.2) is 0 Å². The smallest absolute Gasteiger partial charge is 0.254 e. The van der Waals surface area contributed by atoms with Crippen LogP contribution in [-0.2, 0) is 0 Å². The zero-order valence-corrected chi connectivity index (χ0v) is 17.1. The fraction of sp³-hybridized carbons (Fsp3) is 0.227. The van der Waals surface area contributed by atoms with Gasteiger partial charge in [-0.2, -0.15) is 10.2 Å². The monoisotopic (exact) mass is 422 g/mol. The molecular formula is C22H19ClN4O3. The standard InChI is InChI=1S/C22H19ClN4O3/c1-29-18-7-5-15(6-8-18)20-25-19(14-24)22(30-20)27-11-9-26(10-12-27)21(28)16-3-2-4-17(23)13-16/h2-8,13H,9-12H2,1H3. The van der Waals surface area contributed by atoms with E-state index in [2.05, 4.69) is 11.1 Å². The van der Waals surface area contributed by atoms with E-state index in [9.17, 15) is 10.1 Å². The second-order valence-electron chi connectivity index (χ2n) is 6.80. The number of methoxy groups -OCH3 is 1. The summed E-state index contributed by atoms with van der Waals surface area (Å²) in [4.78, 5) is 20.8. The molecule has 3 aromatic rings. The molecule has 0 N–H and O–H groups in total. The maximum Gasteiger partial charge on any atom is 0.254 e. The molecule has 0 saturated carbocycles. The predicted molar refractivity (Wildman–Crippen MR) is 113 cm³/mol. The number of hydrogen-bond acceptors (Lipinski definition) is 6. The fourth-order valence-corrected chi connectivity index (χ4v) is 3.56. The number of nitriles is 1. The van der Waals surface area contributed by atoms with Crippen LogP contribution in [0.5, 0.6) is 5.75 Å². The van der Waals surface area contributed by atoms with Crippen molar-refractivity contribution < 1.29 is 13.9 Å². The lowest BCUT2D eigenvalue weighted by molar-refractivity contribution is 0.0745. The Labute approximate surface area is 179 Å². The van der Waals surface area contributed by atoms with Gasteiger partial charge in [0.25, 0.3) is 5.91 Å². The van der Waals surface area contributed by atoms with Gasteiger partial charge in [-0.3, -0.25) is 4.79 Å². The Hall–Kier alpha value is -3.50. The SMILES string of the molecule is COc1ccc(-c2nc(C#N)c(N3CCN(C(=O)c4cccc(Cl)c4)CC3)o2)cc1. The van der Waals surface area contributed by atoms with Gasteiger partial charge in [0.05, 0.1) is 7.11 Å². The minimum Gasteiger partial charge on any atom is -0.497 e. The second kappa shape index (κ2) is 8.47. The van der Waals surface area contributed by atoms with Crippen molar-refractivity contribution in [3.05, 3.63) is 64.8 Å². The first-order valence-corrected chi connectivity index (χ1v) is 9.82. The molecule has 8 heteroatoms. The van der Waals surface area contributed by atoms with Crippen LogP contribution >= 0.6 is 11.6 Å². The second-order valence-corrected chi connectivity index (χ2v) is 7.24. The third-order valence-electron chi connectivity index (χ3n) is 4.98. The number of piperazine rings is 1. The van der Waals surface area contributed by atoms with Crippen molar-refractivity contribution in [2.75, 3.05) is 38.2 Å². The molecule has 1 fully saturated rings. The van der Waals surface area contributed by atoms with Crippen molar-refractivity contribution >= 4 is 23.4 Å². The van der Waals surface area contributed by atoms with Crippen molar-refractivity contribution in [2.45, 2.75) is 0 Å². The van der Waals surface area contributed by atoms with E-state index in [0.29, 0.717) is 48.5 Å². The van der Waals surface area contributed by atoms with Crippen molar-refractivity contribution in [2.24, 2.45) is 0 Å². The summed E-state index contributed by atoms with van der Waals surface area (Å²) in [5, 5.41) is 10.0. The summed E-state index contributed by atoms with van der Waals surface area (Å²) in [7, 11) is 1.60. The number of halogens is 1. The highest BCUT2D eigenvalue weighted by Crippen LogP contribution is 2.30. The Morgan fingerprint density at radius 3 is 2.53 bits per heavy atom. The summed E-state index contributed by atoms with van der Waals surface area (Å²) in [6.07, 6.45) is 0. The minimum atomic E-state index is -0.0610. The number of carbonyl (C=O) groups excluding carboxylic acids is 1. The third kappa shape index (κ3) is 3.95. The molecule has 1 aliphatic heterocycles. The van der Waals surface area contributed by atoms with E-state index in [1.54, 1.807) is 36.3 Å². The highest BCUT2D eigenvalue weighted by atomic mass is 35.5. The number of oxazole rings is 1. The molecule has 30 heavy (non-hydrogen) atoms. The number of hydrogen-bond donors (Lipinski definition) is 0. The van der Waals surface area contributed by atoms with E-state index in [0.717, 1.165) is 11.3 Å². The van der Waals surface area contributed by atoms with Crippen molar-refractivity contribution in [3.8, 4) is 23.3 Å². The van der Waals surface area contributed by atoms with Gasteiger partial charge >= 0.3 is 0 Å². The topological polar surface area (TPSA) is 82.6 Å². The van der Waals surface area contributed by atoms with Crippen LogP contribution in [0.15, 0.2) is 52.9 Å². The molecule has 1 aliphatic rings. The summed E-state index contributed by atoms with van der Waals surface area (Å²) in [6, 6.07) is 16.3. The van der Waals surface area contributed by atoms with Crippen molar-refractivity contribution in [1.82, 2.24) is 9.88 Å². The molecule has 0 spiro atoms. The molecule has 1 saturated heterocycles. The van der Waals surface area contributed by atoms with Gasteiger partial charge in [-0.15, -0.1) is 0 Å². The number of anilines is 1. The molecule has 0 aliphatic carbocycles. The Kier molecular flexibility index (Phi) is 5.59. The molecule has 0 bridgehead atoms. The highest BCUT2D eigenvalue weighted by molar-refractivity contribution is 6.30. The highest BCUT2D eigenvalue weighted by Gasteiger charge is 2.27. The van der Waals surface area contributed by atoms with Gasteiger partial charge in [-0.05, 0) is 42.5 Å². The minimum absolute atomic E-state index is 0.0610. The van der Waals surface area contributed by atoms with Crippen molar-refractivity contribution in [3.63, 3.8) is 0 Å². The van der Waals surface area contributed by atoms with Gasteiger partial charge < -0.3 is 19.0 Å². The molecule has 2 heterocycles. The molecule has 4 rings (SSSR count). The first kappa shape index (κ1) is 19.8.